The van der Waals surface area contributed by atoms with Crippen molar-refractivity contribution in [1.29, 1.82) is 0 Å². The summed E-state index contributed by atoms with van der Waals surface area (Å²) in [5.41, 5.74) is 5.87. The van der Waals surface area contributed by atoms with E-state index in [2.05, 4.69) is 49.5 Å². The van der Waals surface area contributed by atoms with E-state index in [1.807, 2.05) is 26.0 Å². The first-order chi connectivity index (χ1) is 17.0. The maximum atomic E-state index is 13.5. The van der Waals surface area contributed by atoms with Crippen LogP contribution in [0.5, 0.6) is 5.75 Å². The molecule has 0 spiro atoms. The number of hydrogen-bond acceptors (Lipinski definition) is 3. The van der Waals surface area contributed by atoms with Crippen LogP contribution in [0.15, 0.2) is 59.5 Å². The standard InChI is InChI=1S/C30H36N2O3/c1-5-9-12-20(6-2)21-15-16-24-26(19-21)22-13-10-11-14-23(22)27(24)31-29(33)25-17-18-32(7-3)30(34)28(25)35-8-4/h10-11,13-20,27H,5-9,12H2,1-4H3,(H,31,33). The van der Waals surface area contributed by atoms with Gasteiger partial charge in [0.25, 0.3) is 11.5 Å². The maximum Gasteiger partial charge on any atom is 0.293 e. The minimum atomic E-state index is -0.306. The fourth-order valence-electron chi connectivity index (χ4n) is 5.16. The van der Waals surface area contributed by atoms with Crippen LogP contribution in [0.4, 0.5) is 0 Å². The van der Waals surface area contributed by atoms with Crippen LogP contribution < -0.4 is 15.6 Å². The van der Waals surface area contributed by atoms with E-state index in [1.54, 1.807) is 16.8 Å². The summed E-state index contributed by atoms with van der Waals surface area (Å²) in [7, 11) is 0. The molecular formula is C30H36N2O3. The van der Waals surface area contributed by atoms with E-state index in [4.69, 9.17) is 4.74 Å². The van der Waals surface area contributed by atoms with E-state index < -0.39 is 0 Å². The largest absolute Gasteiger partial charge is 0.488 e. The van der Waals surface area contributed by atoms with Gasteiger partial charge in [0, 0.05) is 12.7 Å². The summed E-state index contributed by atoms with van der Waals surface area (Å²) in [6.07, 6.45) is 6.39. The Morgan fingerprint density at radius 2 is 1.80 bits per heavy atom. The summed E-state index contributed by atoms with van der Waals surface area (Å²) in [6, 6.07) is 16.4. The topological polar surface area (TPSA) is 60.3 Å². The average Bonchev–Trinajstić information content (AvgIpc) is 3.18. The Hall–Kier alpha value is -3.34. The second kappa shape index (κ2) is 10.9. The molecule has 5 heteroatoms. The summed E-state index contributed by atoms with van der Waals surface area (Å²) in [5.74, 6) is 0.345. The third-order valence-electron chi connectivity index (χ3n) is 7.09. The van der Waals surface area contributed by atoms with Gasteiger partial charge >= 0.3 is 0 Å². The number of hydrogen-bond donors (Lipinski definition) is 1. The molecule has 2 aromatic carbocycles. The van der Waals surface area contributed by atoms with Crippen LogP contribution in [0, 0.1) is 0 Å². The molecule has 1 heterocycles. The lowest BCUT2D eigenvalue weighted by molar-refractivity contribution is 0.0939. The zero-order chi connectivity index (χ0) is 24.9. The van der Waals surface area contributed by atoms with Crippen molar-refractivity contribution in [1.82, 2.24) is 9.88 Å². The Morgan fingerprint density at radius 1 is 1.03 bits per heavy atom. The zero-order valence-corrected chi connectivity index (χ0v) is 21.3. The molecule has 1 aromatic heterocycles. The van der Waals surface area contributed by atoms with Gasteiger partial charge in [0.1, 0.15) is 0 Å². The molecule has 3 aromatic rings. The lowest BCUT2D eigenvalue weighted by Gasteiger charge is -2.19. The number of unbranched alkanes of at least 4 members (excludes halogenated alkanes) is 1. The molecule has 5 nitrogen and oxygen atoms in total. The molecule has 4 rings (SSSR count). The lowest BCUT2D eigenvalue weighted by Crippen LogP contribution is -2.31. The van der Waals surface area contributed by atoms with E-state index in [0.29, 0.717) is 19.1 Å². The minimum absolute atomic E-state index is 0.109. The monoisotopic (exact) mass is 472 g/mol. The number of aryl methyl sites for hydroxylation is 1. The number of nitrogens with zero attached hydrogens (tertiary/aromatic N) is 1. The van der Waals surface area contributed by atoms with Crippen molar-refractivity contribution < 1.29 is 9.53 Å². The predicted octanol–water partition coefficient (Wildman–Crippen LogP) is 6.45. The number of amides is 1. The molecule has 0 saturated heterocycles. The molecule has 35 heavy (non-hydrogen) atoms. The van der Waals surface area contributed by atoms with Crippen molar-refractivity contribution in [2.24, 2.45) is 0 Å². The highest BCUT2D eigenvalue weighted by atomic mass is 16.5. The van der Waals surface area contributed by atoms with Crippen LogP contribution in [0.2, 0.25) is 0 Å². The number of pyridine rings is 1. The molecule has 0 fully saturated rings. The van der Waals surface area contributed by atoms with Gasteiger partial charge in [0.2, 0.25) is 0 Å². The highest BCUT2D eigenvalue weighted by Gasteiger charge is 2.31. The Morgan fingerprint density at radius 3 is 2.51 bits per heavy atom. The predicted molar refractivity (Wildman–Crippen MR) is 141 cm³/mol. The van der Waals surface area contributed by atoms with Crippen molar-refractivity contribution >= 4 is 5.91 Å². The van der Waals surface area contributed by atoms with Crippen LogP contribution in [-0.4, -0.2) is 17.1 Å². The Bertz CT molecular complexity index is 1260. The van der Waals surface area contributed by atoms with Crippen LogP contribution in [-0.2, 0) is 6.54 Å². The van der Waals surface area contributed by atoms with Crippen molar-refractivity contribution in [2.75, 3.05) is 6.61 Å². The van der Waals surface area contributed by atoms with Crippen molar-refractivity contribution in [3.05, 3.63) is 87.3 Å². The summed E-state index contributed by atoms with van der Waals surface area (Å²) in [4.78, 5) is 26.3. The molecule has 0 saturated carbocycles. The fourth-order valence-corrected chi connectivity index (χ4v) is 5.16. The molecular weight excluding hydrogens is 436 g/mol. The third-order valence-corrected chi connectivity index (χ3v) is 7.09. The summed E-state index contributed by atoms with van der Waals surface area (Å²) in [5, 5.41) is 3.20. The molecule has 0 aliphatic heterocycles. The number of benzene rings is 2. The van der Waals surface area contributed by atoms with Gasteiger partial charge in [-0.25, -0.2) is 0 Å². The van der Waals surface area contributed by atoms with Gasteiger partial charge in [0.15, 0.2) is 5.75 Å². The quantitative estimate of drug-likeness (QED) is 0.369. The number of rotatable bonds is 10. The highest BCUT2D eigenvalue weighted by molar-refractivity contribution is 5.98. The maximum absolute atomic E-state index is 13.5. The van der Waals surface area contributed by atoms with E-state index in [9.17, 15) is 9.59 Å². The van der Waals surface area contributed by atoms with E-state index in [0.717, 1.165) is 23.1 Å². The molecule has 2 atom stereocenters. The second-order valence-electron chi connectivity index (χ2n) is 9.17. The van der Waals surface area contributed by atoms with Crippen LogP contribution in [0.3, 0.4) is 0 Å². The first kappa shape index (κ1) is 24.8. The van der Waals surface area contributed by atoms with Crippen LogP contribution in [0.1, 0.15) is 92.4 Å². The normalized spacial score (nSPS) is 14.8. The molecule has 1 aliphatic rings. The zero-order valence-electron chi connectivity index (χ0n) is 21.3. The molecule has 0 bridgehead atoms. The van der Waals surface area contributed by atoms with Crippen molar-refractivity contribution in [3.63, 3.8) is 0 Å². The molecule has 1 aliphatic carbocycles. The average molecular weight is 473 g/mol. The van der Waals surface area contributed by atoms with Gasteiger partial charge in [-0.05, 0) is 66.5 Å². The third kappa shape index (κ3) is 4.77. The molecule has 1 N–H and O–H groups in total. The Labute approximate surface area is 208 Å². The first-order valence-corrected chi connectivity index (χ1v) is 12.9. The van der Waals surface area contributed by atoms with Gasteiger partial charge < -0.3 is 14.6 Å². The summed E-state index contributed by atoms with van der Waals surface area (Å²) < 4.78 is 7.18. The van der Waals surface area contributed by atoms with E-state index in [1.165, 1.54) is 30.4 Å². The van der Waals surface area contributed by atoms with Gasteiger partial charge in [-0.3, -0.25) is 9.59 Å². The first-order valence-electron chi connectivity index (χ1n) is 12.9. The number of fused-ring (bicyclic) bond motifs is 3. The highest BCUT2D eigenvalue weighted by Crippen LogP contribution is 2.45. The summed E-state index contributed by atoms with van der Waals surface area (Å²) >= 11 is 0. The number of carbonyl (C=O) groups excluding carboxylic acids is 1. The number of carbonyl (C=O) groups is 1. The minimum Gasteiger partial charge on any atom is -0.488 e. The van der Waals surface area contributed by atoms with Crippen molar-refractivity contribution in [2.45, 2.75) is 71.9 Å². The van der Waals surface area contributed by atoms with Gasteiger partial charge in [-0.1, -0.05) is 69.2 Å². The fraction of sp³-hybridized carbons (Fsp3) is 0.400. The number of nitrogens with one attached hydrogen (secondary N) is 1. The van der Waals surface area contributed by atoms with Crippen molar-refractivity contribution in [3.8, 4) is 16.9 Å². The number of aromatic nitrogens is 1. The lowest BCUT2D eigenvalue weighted by atomic mass is 9.89. The Kier molecular flexibility index (Phi) is 7.74. The smallest absolute Gasteiger partial charge is 0.293 e. The Balaban J connectivity index is 1.71. The van der Waals surface area contributed by atoms with E-state index in [-0.39, 0.29) is 28.8 Å². The van der Waals surface area contributed by atoms with Gasteiger partial charge in [-0.2, -0.15) is 0 Å². The van der Waals surface area contributed by atoms with Gasteiger partial charge in [-0.15, -0.1) is 0 Å². The SMILES string of the molecule is CCCCC(CC)c1ccc2c(c1)-c1ccccc1C2NC(=O)c1ccn(CC)c(=O)c1OCC. The second-order valence-corrected chi connectivity index (χ2v) is 9.17. The molecule has 1 amide bonds. The van der Waals surface area contributed by atoms with Crippen LogP contribution in [0.25, 0.3) is 11.1 Å². The number of ether oxygens (including phenoxy) is 1. The van der Waals surface area contributed by atoms with Crippen LogP contribution >= 0.6 is 0 Å². The van der Waals surface area contributed by atoms with E-state index >= 15 is 0 Å². The summed E-state index contributed by atoms with van der Waals surface area (Å²) in [6.45, 7) is 9.03. The molecule has 184 valence electrons. The molecule has 2 unspecified atom stereocenters. The molecule has 0 radical (unpaired) electrons. The van der Waals surface area contributed by atoms with Gasteiger partial charge in [0.05, 0.1) is 18.2 Å².